The zero-order valence-electron chi connectivity index (χ0n) is 15.8. The zero-order chi connectivity index (χ0) is 20.5. The Morgan fingerprint density at radius 3 is 2.64 bits per heavy atom. The number of aromatic nitrogens is 1. The third-order valence-electron chi connectivity index (χ3n) is 3.89. The van der Waals surface area contributed by atoms with Crippen LogP contribution in [0.5, 0.6) is 0 Å². The lowest BCUT2D eigenvalue weighted by atomic mass is 10.0. The van der Waals surface area contributed by atoms with Crippen molar-refractivity contribution in [3.8, 4) is 0 Å². The first-order valence-electron chi connectivity index (χ1n) is 8.97. The number of amides is 4. The summed E-state index contributed by atoms with van der Waals surface area (Å²) in [6.45, 7) is 2.97. The number of aromatic amines is 1. The van der Waals surface area contributed by atoms with Gasteiger partial charge in [0.15, 0.2) is 6.61 Å². The van der Waals surface area contributed by atoms with Crippen molar-refractivity contribution in [1.29, 1.82) is 0 Å². The first-order chi connectivity index (χ1) is 13.4. The Labute approximate surface area is 162 Å². The number of carbonyl (C=O) groups excluding carboxylic acids is 4. The Hall–Kier alpha value is -3.36. The van der Waals surface area contributed by atoms with E-state index < -0.39 is 36.5 Å². The molecule has 1 aromatic carbocycles. The molecule has 4 amide bonds. The maximum absolute atomic E-state index is 12.4. The normalized spacial score (nSPS) is 11.5. The molecule has 0 radical (unpaired) electrons. The SMILES string of the molecule is CCCNC(=O)NC(=O)COC(=O)[C@H](Cc1c[nH]c2ccccc12)NC(C)=O. The van der Waals surface area contributed by atoms with Crippen LogP contribution in [-0.2, 0) is 25.5 Å². The lowest BCUT2D eigenvalue weighted by Gasteiger charge is -2.16. The van der Waals surface area contributed by atoms with Gasteiger partial charge in [0.05, 0.1) is 0 Å². The van der Waals surface area contributed by atoms with Crippen LogP contribution >= 0.6 is 0 Å². The van der Waals surface area contributed by atoms with E-state index in [1.807, 2.05) is 31.2 Å². The fourth-order valence-electron chi connectivity index (χ4n) is 2.64. The molecule has 0 bridgehead atoms. The molecule has 0 unspecified atom stereocenters. The van der Waals surface area contributed by atoms with Crippen molar-refractivity contribution in [2.75, 3.05) is 13.2 Å². The van der Waals surface area contributed by atoms with Crippen LogP contribution < -0.4 is 16.0 Å². The van der Waals surface area contributed by atoms with E-state index in [1.54, 1.807) is 6.20 Å². The monoisotopic (exact) mass is 388 g/mol. The molecule has 9 heteroatoms. The molecule has 150 valence electrons. The van der Waals surface area contributed by atoms with Gasteiger partial charge >= 0.3 is 12.0 Å². The largest absolute Gasteiger partial charge is 0.454 e. The third kappa shape index (κ3) is 6.11. The van der Waals surface area contributed by atoms with Crippen molar-refractivity contribution in [2.24, 2.45) is 0 Å². The molecule has 2 rings (SSSR count). The molecule has 2 aromatic rings. The van der Waals surface area contributed by atoms with Crippen molar-refractivity contribution in [2.45, 2.75) is 32.7 Å². The first kappa shape index (κ1) is 20.9. The summed E-state index contributed by atoms with van der Waals surface area (Å²) in [5.41, 5.74) is 1.74. The summed E-state index contributed by atoms with van der Waals surface area (Å²) in [5.74, 6) is -1.91. The second kappa shape index (κ2) is 10.1. The maximum Gasteiger partial charge on any atom is 0.329 e. The highest BCUT2D eigenvalue weighted by atomic mass is 16.5. The number of fused-ring (bicyclic) bond motifs is 1. The smallest absolute Gasteiger partial charge is 0.329 e. The highest BCUT2D eigenvalue weighted by molar-refractivity contribution is 5.96. The quantitative estimate of drug-likeness (QED) is 0.501. The summed E-state index contributed by atoms with van der Waals surface area (Å²) in [5, 5.41) is 8.00. The van der Waals surface area contributed by atoms with Crippen LogP contribution in [0.4, 0.5) is 4.79 Å². The molecule has 1 aromatic heterocycles. The minimum absolute atomic E-state index is 0.195. The molecule has 0 saturated heterocycles. The number of nitrogens with one attached hydrogen (secondary N) is 4. The zero-order valence-corrected chi connectivity index (χ0v) is 15.8. The Balaban J connectivity index is 1.96. The highest BCUT2D eigenvalue weighted by Gasteiger charge is 2.24. The lowest BCUT2D eigenvalue weighted by Crippen LogP contribution is -2.45. The fourth-order valence-corrected chi connectivity index (χ4v) is 2.64. The van der Waals surface area contributed by atoms with Gasteiger partial charge in [-0.05, 0) is 18.1 Å². The van der Waals surface area contributed by atoms with Gasteiger partial charge in [0, 0.05) is 37.0 Å². The Bertz CT molecular complexity index is 861. The van der Waals surface area contributed by atoms with Crippen molar-refractivity contribution in [3.05, 3.63) is 36.0 Å². The number of rotatable bonds is 8. The van der Waals surface area contributed by atoms with E-state index in [1.165, 1.54) is 6.92 Å². The molecule has 0 aliphatic carbocycles. The Morgan fingerprint density at radius 2 is 1.93 bits per heavy atom. The summed E-state index contributed by atoms with van der Waals surface area (Å²) in [6, 6.07) is 5.95. The molecule has 9 nitrogen and oxygen atoms in total. The highest BCUT2D eigenvalue weighted by Crippen LogP contribution is 2.19. The number of H-pyrrole nitrogens is 1. The number of imide groups is 1. The molecule has 1 heterocycles. The summed E-state index contributed by atoms with van der Waals surface area (Å²) < 4.78 is 4.98. The van der Waals surface area contributed by atoms with E-state index in [-0.39, 0.29) is 6.42 Å². The van der Waals surface area contributed by atoms with Crippen LogP contribution in [0.3, 0.4) is 0 Å². The molecule has 0 aliphatic heterocycles. The molecule has 0 saturated carbocycles. The third-order valence-corrected chi connectivity index (χ3v) is 3.89. The van der Waals surface area contributed by atoms with Crippen molar-refractivity contribution in [3.63, 3.8) is 0 Å². The van der Waals surface area contributed by atoms with Crippen LogP contribution in [0.2, 0.25) is 0 Å². The summed E-state index contributed by atoms with van der Waals surface area (Å²) in [6.07, 6.45) is 2.68. The number of esters is 1. The minimum atomic E-state index is -0.960. The van der Waals surface area contributed by atoms with E-state index in [9.17, 15) is 19.2 Å². The van der Waals surface area contributed by atoms with E-state index >= 15 is 0 Å². The average molecular weight is 388 g/mol. The molecule has 0 aliphatic rings. The Kier molecular flexibility index (Phi) is 7.55. The summed E-state index contributed by atoms with van der Waals surface area (Å²) >= 11 is 0. The van der Waals surface area contributed by atoms with Crippen molar-refractivity contribution < 1.29 is 23.9 Å². The Morgan fingerprint density at radius 1 is 1.18 bits per heavy atom. The van der Waals surface area contributed by atoms with Crippen molar-refractivity contribution in [1.82, 2.24) is 20.9 Å². The number of hydrogen-bond donors (Lipinski definition) is 4. The fraction of sp³-hybridized carbons (Fsp3) is 0.368. The summed E-state index contributed by atoms with van der Waals surface area (Å²) in [4.78, 5) is 50.1. The molecule has 1 atom stereocenters. The number of benzene rings is 1. The van der Waals surface area contributed by atoms with Crippen LogP contribution in [-0.4, -0.2) is 48.0 Å². The van der Waals surface area contributed by atoms with E-state index in [0.29, 0.717) is 6.54 Å². The van der Waals surface area contributed by atoms with Gasteiger partial charge in [-0.2, -0.15) is 0 Å². The van der Waals surface area contributed by atoms with E-state index in [2.05, 4.69) is 20.9 Å². The molecule has 28 heavy (non-hydrogen) atoms. The predicted molar refractivity (Wildman–Crippen MR) is 102 cm³/mol. The predicted octanol–water partition coefficient (Wildman–Crippen LogP) is 0.994. The van der Waals surface area contributed by atoms with E-state index in [0.717, 1.165) is 22.9 Å². The summed E-state index contributed by atoms with van der Waals surface area (Å²) in [7, 11) is 0. The number of urea groups is 1. The van der Waals surface area contributed by atoms with Gasteiger partial charge in [-0.25, -0.2) is 9.59 Å². The van der Waals surface area contributed by atoms with Gasteiger partial charge in [-0.3, -0.25) is 14.9 Å². The lowest BCUT2D eigenvalue weighted by molar-refractivity contribution is -0.151. The number of hydrogen-bond acceptors (Lipinski definition) is 5. The van der Waals surface area contributed by atoms with Crippen LogP contribution in [0.1, 0.15) is 25.8 Å². The maximum atomic E-state index is 12.4. The molecule has 0 spiro atoms. The first-order valence-corrected chi connectivity index (χ1v) is 8.97. The van der Waals surface area contributed by atoms with Crippen molar-refractivity contribution >= 4 is 34.7 Å². The number of para-hydroxylation sites is 1. The van der Waals surface area contributed by atoms with Gasteiger partial charge in [0.2, 0.25) is 5.91 Å². The van der Waals surface area contributed by atoms with Crippen LogP contribution in [0, 0.1) is 0 Å². The minimum Gasteiger partial charge on any atom is -0.454 e. The standard InChI is InChI=1S/C19H24N4O5/c1-3-8-20-19(27)23-17(25)11-28-18(26)16(22-12(2)24)9-13-10-21-15-7-5-4-6-14(13)15/h4-7,10,16,21H,3,8-9,11H2,1-2H3,(H,22,24)(H2,20,23,25,27)/t16-/m0/s1. The molecular formula is C19H24N4O5. The van der Waals surface area contributed by atoms with Gasteiger partial charge in [-0.1, -0.05) is 25.1 Å². The average Bonchev–Trinajstić information content (AvgIpc) is 3.06. The molecule has 0 fully saturated rings. The van der Waals surface area contributed by atoms with Crippen LogP contribution in [0.15, 0.2) is 30.5 Å². The molecular weight excluding hydrogens is 364 g/mol. The number of carbonyl (C=O) groups is 4. The van der Waals surface area contributed by atoms with Gasteiger partial charge in [0.1, 0.15) is 6.04 Å². The molecule has 4 N–H and O–H groups in total. The van der Waals surface area contributed by atoms with Crippen LogP contribution in [0.25, 0.3) is 10.9 Å². The topological polar surface area (TPSA) is 129 Å². The second-order valence-electron chi connectivity index (χ2n) is 6.23. The van der Waals surface area contributed by atoms with Gasteiger partial charge in [-0.15, -0.1) is 0 Å². The van der Waals surface area contributed by atoms with Gasteiger partial charge < -0.3 is 20.4 Å². The van der Waals surface area contributed by atoms with Gasteiger partial charge in [0.25, 0.3) is 5.91 Å². The number of ether oxygens (including phenoxy) is 1. The van der Waals surface area contributed by atoms with E-state index in [4.69, 9.17) is 4.74 Å². The second-order valence-corrected chi connectivity index (χ2v) is 6.23.